The molecule has 0 spiro atoms. The van der Waals surface area contributed by atoms with E-state index >= 15 is 0 Å². The third kappa shape index (κ3) is 1.91. The molecule has 0 saturated carbocycles. The van der Waals surface area contributed by atoms with Crippen molar-refractivity contribution in [3.63, 3.8) is 0 Å². The number of hydrogen-bond donors (Lipinski definition) is 4. The first-order valence-corrected chi connectivity index (χ1v) is 2.72. The molecule has 4 nitrogen and oxygen atoms in total. The van der Waals surface area contributed by atoms with Gasteiger partial charge in [0.15, 0.2) is 5.72 Å². The molecule has 0 aliphatic carbocycles. The van der Waals surface area contributed by atoms with Crippen LogP contribution in [0.2, 0.25) is 0 Å². The van der Waals surface area contributed by atoms with E-state index in [1.807, 2.05) is 0 Å². The van der Waals surface area contributed by atoms with Crippen LogP contribution in [0.25, 0.3) is 0 Å². The summed E-state index contributed by atoms with van der Waals surface area (Å²) in [6.07, 6.45) is 0. The van der Waals surface area contributed by atoms with E-state index in [1.165, 1.54) is 0 Å². The molecule has 0 amide bonds. The standard InChI is InChI=1S/C5H14N2O2/c1-4(2,6)5(7,9)3-8/h8-9H,3,6-7H2,1-2H3. The van der Waals surface area contributed by atoms with Crippen LogP contribution in [0.3, 0.4) is 0 Å². The van der Waals surface area contributed by atoms with Crippen LogP contribution in [0, 0.1) is 0 Å². The maximum atomic E-state index is 9.06. The van der Waals surface area contributed by atoms with E-state index in [2.05, 4.69) is 0 Å². The van der Waals surface area contributed by atoms with E-state index in [0.29, 0.717) is 0 Å². The van der Waals surface area contributed by atoms with Crippen LogP contribution in [-0.2, 0) is 0 Å². The third-order valence-electron chi connectivity index (χ3n) is 1.36. The second kappa shape index (κ2) is 2.22. The van der Waals surface area contributed by atoms with E-state index in [4.69, 9.17) is 21.7 Å². The Hall–Kier alpha value is -0.160. The fraction of sp³-hybridized carbons (Fsp3) is 1.00. The topological polar surface area (TPSA) is 92.5 Å². The van der Waals surface area contributed by atoms with Crippen molar-refractivity contribution in [2.45, 2.75) is 25.1 Å². The summed E-state index contributed by atoms with van der Waals surface area (Å²) in [6, 6.07) is 0. The molecule has 6 N–H and O–H groups in total. The SMILES string of the molecule is CC(C)(N)C(N)(O)CO. The summed E-state index contributed by atoms with van der Waals surface area (Å²) in [5.74, 6) is 0. The van der Waals surface area contributed by atoms with Gasteiger partial charge in [0.25, 0.3) is 0 Å². The van der Waals surface area contributed by atoms with E-state index in [0.717, 1.165) is 0 Å². The summed E-state index contributed by atoms with van der Waals surface area (Å²) in [5.41, 5.74) is 7.90. The Kier molecular flexibility index (Phi) is 2.19. The Balaban J connectivity index is 4.14. The van der Waals surface area contributed by atoms with Gasteiger partial charge >= 0.3 is 0 Å². The first-order valence-electron chi connectivity index (χ1n) is 2.72. The van der Waals surface area contributed by atoms with Gasteiger partial charge in [0, 0.05) is 0 Å². The molecule has 56 valence electrons. The van der Waals surface area contributed by atoms with Crippen molar-refractivity contribution in [1.82, 2.24) is 0 Å². The molecule has 0 aromatic rings. The van der Waals surface area contributed by atoms with Gasteiger partial charge in [-0.25, -0.2) is 0 Å². The molecule has 0 rings (SSSR count). The van der Waals surface area contributed by atoms with E-state index < -0.39 is 17.9 Å². The molecule has 0 aliphatic rings. The first kappa shape index (κ1) is 8.84. The normalized spacial score (nSPS) is 19.3. The Morgan fingerprint density at radius 1 is 1.33 bits per heavy atom. The molecular weight excluding hydrogens is 120 g/mol. The summed E-state index contributed by atoms with van der Waals surface area (Å²) < 4.78 is 0. The lowest BCUT2D eigenvalue weighted by Gasteiger charge is -2.34. The monoisotopic (exact) mass is 134 g/mol. The average molecular weight is 134 g/mol. The van der Waals surface area contributed by atoms with Crippen LogP contribution in [-0.4, -0.2) is 28.1 Å². The highest BCUT2D eigenvalue weighted by atomic mass is 16.3. The molecular formula is C5H14N2O2. The minimum atomic E-state index is -1.69. The molecule has 0 aromatic carbocycles. The maximum Gasteiger partial charge on any atom is 0.154 e. The van der Waals surface area contributed by atoms with Crippen LogP contribution in [0.1, 0.15) is 13.8 Å². The second-order valence-electron chi connectivity index (χ2n) is 2.80. The highest BCUT2D eigenvalue weighted by Gasteiger charge is 2.35. The van der Waals surface area contributed by atoms with Crippen LogP contribution < -0.4 is 11.5 Å². The Morgan fingerprint density at radius 3 is 1.67 bits per heavy atom. The lowest BCUT2D eigenvalue weighted by atomic mass is 9.93. The van der Waals surface area contributed by atoms with E-state index in [9.17, 15) is 0 Å². The molecule has 0 aromatic heterocycles. The van der Waals surface area contributed by atoms with Crippen molar-refractivity contribution in [3.05, 3.63) is 0 Å². The fourth-order valence-corrected chi connectivity index (χ4v) is 0.204. The van der Waals surface area contributed by atoms with Crippen LogP contribution in [0.5, 0.6) is 0 Å². The first-order chi connectivity index (χ1) is 3.81. The highest BCUT2D eigenvalue weighted by molar-refractivity contribution is 4.91. The van der Waals surface area contributed by atoms with Gasteiger partial charge in [0.1, 0.15) is 0 Å². The fourth-order valence-electron chi connectivity index (χ4n) is 0.204. The van der Waals surface area contributed by atoms with Crippen LogP contribution in [0.4, 0.5) is 0 Å². The quantitative estimate of drug-likeness (QED) is 0.341. The van der Waals surface area contributed by atoms with Crippen molar-refractivity contribution < 1.29 is 10.2 Å². The molecule has 0 fully saturated rings. The van der Waals surface area contributed by atoms with Gasteiger partial charge < -0.3 is 21.7 Å². The number of nitrogens with two attached hydrogens (primary N) is 2. The molecule has 0 saturated heterocycles. The summed E-state index contributed by atoms with van der Waals surface area (Å²) in [5, 5.41) is 17.5. The molecule has 0 radical (unpaired) electrons. The lowest BCUT2D eigenvalue weighted by Crippen LogP contribution is -2.64. The van der Waals surface area contributed by atoms with Gasteiger partial charge in [0.2, 0.25) is 0 Å². The second-order valence-corrected chi connectivity index (χ2v) is 2.80. The predicted octanol–water partition coefficient (Wildman–Crippen LogP) is -1.64. The number of aliphatic hydroxyl groups is 2. The molecule has 1 atom stereocenters. The zero-order valence-corrected chi connectivity index (χ0v) is 5.76. The number of rotatable bonds is 2. The van der Waals surface area contributed by atoms with Crippen molar-refractivity contribution in [3.8, 4) is 0 Å². The largest absolute Gasteiger partial charge is 0.392 e. The van der Waals surface area contributed by atoms with Gasteiger partial charge in [-0.05, 0) is 13.8 Å². The lowest BCUT2D eigenvalue weighted by molar-refractivity contribution is -0.0587. The molecule has 4 heteroatoms. The maximum absolute atomic E-state index is 9.06. The van der Waals surface area contributed by atoms with Gasteiger partial charge in [0.05, 0.1) is 12.1 Å². The molecule has 0 aliphatic heterocycles. The predicted molar refractivity (Wildman–Crippen MR) is 34.5 cm³/mol. The summed E-state index contributed by atoms with van der Waals surface area (Å²) in [6.45, 7) is 2.56. The average Bonchev–Trinajstić information content (AvgIpc) is 1.64. The Morgan fingerprint density at radius 2 is 1.67 bits per heavy atom. The van der Waals surface area contributed by atoms with Crippen LogP contribution in [0.15, 0.2) is 0 Å². The van der Waals surface area contributed by atoms with Crippen molar-refractivity contribution in [2.75, 3.05) is 6.61 Å². The summed E-state index contributed by atoms with van der Waals surface area (Å²) in [4.78, 5) is 0. The van der Waals surface area contributed by atoms with Crippen molar-refractivity contribution >= 4 is 0 Å². The van der Waals surface area contributed by atoms with Crippen molar-refractivity contribution in [1.29, 1.82) is 0 Å². The highest BCUT2D eigenvalue weighted by Crippen LogP contribution is 2.11. The Bertz CT molecular complexity index is 95.6. The van der Waals surface area contributed by atoms with Gasteiger partial charge in [-0.1, -0.05) is 0 Å². The van der Waals surface area contributed by atoms with Gasteiger partial charge in [-0.3, -0.25) is 0 Å². The molecule has 1 unspecified atom stereocenters. The van der Waals surface area contributed by atoms with Gasteiger partial charge in [-0.2, -0.15) is 0 Å². The van der Waals surface area contributed by atoms with Crippen molar-refractivity contribution in [2.24, 2.45) is 11.5 Å². The Labute approximate surface area is 54.5 Å². The minimum Gasteiger partial charge on any atom is -0.392 e. The molecule has 0 bridgehead atoms. The molecule has 0 heterocycles. The van der Waals surface area contributed by atoms with Crippen LogP contribution >= 0.6 is 0 Å². The minimum absolute atomic E-state index is 0.531. The number of hydrogen-bond acceptors (Lipinski definition) is 4. The van der Waals surface area contributed by atoms with E-state index in [1.54, 1.807) is 13.8 Å². The number of aliphatic hydroxyl groups excluding tert-OH is 1. The van der Waals surface area contributed by atoms with E-state index in [-0.39, 0.29) is 0 Å². The summed E-state index contributed by atoms with van der Waals surface area (Å²) >= 11 is 0. The third-order valence-corrected chi connectivity index (χ3v) is 1.36. The zero-order valence-electron chi connectivity index (χ0n) is 5.76. The zero-order chi connectivity index (χ0) is 7.71. The smallest absolute Gasteiger partial charge is 0.154 e. The van der Waals surface area contributed by atoms with Gasteiger partial charge in [-0.15, -0.1) is 0 Å². The summed E-state index contributed by atoms with van der Waals surface area (Å²) in [7, 11) is 0. The molecule has 9 heavy (non-hydrogen) atoms.